The summed E-state index contributed by atoms with van der Waals surface area (Å²) in [6, 6.07) is 0. The molecule has 2 nitrogen and oxygen atoms in total. The summed E-state index contributed by atoms with van der Waals surface area (Å²) in [6.07, 6.45) is 4.25. The number of nitrogens with two attached hydrogens (primary N) is 1. The van der Waals surface area contributed by atoms with Crippen molar-refractivity contribution in [3.8, 4) is 0 Å². The largest absolute Gasteiger partial charge is 0.393 e. The lowest BCUT2D eigenvalue weighted by molar-refractivity contribution is 0.264. The number of hydrogen-bond donors (Lipinski definition) is 1. The van der Waals surface area contributed by atoms with Gasteiger partial charge in [0, 0.05) is 12.5 Å². The molecule has 0 heterocycles. The molecule has 1 fully saturated rings. The maximum Gasteiger partial charge on any atom is 0.0768 e. The lowest BCUT2D eigenvalue weighted by Crippen LogP contribution is -2.34. The fourth-order valence-electron chi connectivity index (χ4n) is 1.63. The van der Waals surface area contributed by atoms with Crippen LogP contribution in [0.2, 0.25) is 0 Å². The third-order valence-electron chi connectivity index (χ3n) is 3.02. The molecule has 1 unspecified atom stereocenters. The Bertz CT molecular complexity index is 190. The smallest absolute Gasteiger partial charge is 0.0768 e. The van der Waals surface area contributed by atoms with Crippen LogP contribution >= 0.6 is 12.2 Å². The number of rotatable bonds is 7. The molecule has 0 aliphatic heterocycles. The zero-order valence-electron chi connectivity index (χ0n) is 9.33. The molecule has 1 aliphatic carbocycles. The molecule has 0 amide bonds. The van der Waals surface area contributed by atoms with Crippen LogP contribution in [0.1, 0.15) is 33.1 Å². The maximum atomic E-state index is 5.61. The van der Waals surface area contributed by atoms with Gasteiger partial charge in [-0.25, -0.2) is 0 Å². The van der Waals surface area contributed by atoms with Gasteiger partial charge in [-0.05, 0) is 25.4 Å². The van der Waals surface area contributed by atoms with Crippen molar-refractivity contribution in [1.82, 2.24) is 4.90 Å². The van der Waals surface area contributed by atoms with Crippen molar-refractivity contribution in [1.29, 1.82) is 0 Å². The molecule has 0 spiro atoms. The van der Waals surface area contributed by atoms with Gasteiger partial charge in [-0.3, -0.25) is 0 Å². The summed E-state index contributed by atoms with van der Waals surface area (Å²) in [5, 5.41) is 0. The van der Waals surface area contributed by atoms with Gasteiger partial charge in [0.1, 0.15) is 0 Å². The van der Waals surface area contributed by atoms with Crippen LogP contribution in [0.4, 0.5) is 0 Å². The molecule has 1 atom stereocenters. The average Bonchev–Trinajstić information content (AvgIpc) is 2.95. The van der Waals surface area contributed by atoms with Crippen molar-refractivity contribution >= 4 is 17.2 Å². The van der Waals surface area contributed by atoms with E-state index < -0.39 is 0 Å². The van der Waals surface area contributed by atoms with Crippen LogP contribution in [-0.4, -0.2) is 29.5 Å². The minimum atomic E-state index is 0.351. The molecule has 0 aromatic rings. The van der Waals surface area contributed by atoms with Crippen LogP contribution in [0.25, 0.3) is 0 Å². The average molecular weight is 214 g/mol. The quantitative estimate of drug-likeness (QED) is 0.658. The van der Waals surface area contributed by atoms with E-state index in [-0.39, 0.29) is 0 Å². The van der Waals surface area contributed by atoms with Gasteiger partial charge >= 0.3 is 0 Å². The van der Waals surface area contributed by atoms with Gasteiger partial charge in [-0.15, -0.1) is 0 Å². The second kappa shape index (κ2) is 5.66. The molecule has 1 rings (SSSR count). The van der Waals surface area contributed by atoms with Crippen LogP contribution in [0.15, 0.2) is 0 Å². The predicted molar refractivity (Wildman–Crippen MR) is 65.4 cm³/mol. The molecule has 2 N–H and O–H groups in total. The first-order chi connectivity index (χ1) is 6.63. The van der Waals surface area contributed by atoms with Crippen molar-refractivity contribution in [2.75, 3.05) is 19.6 Å². The van der Waals surface area contributed by atoms with Crippen molar-refractivity contribution in [3.63, 3.8) is 0 Å². The molecule has 0 aromatic heterocycles. The molecule has 0 aromatic carbocycles. The summed E-state index contributed by atoms with van der Waals surface area (Å²) in [6.45, 7) is 7.67. The number of thiocarbonyl (C=S) groups is 1. The van der Waals surface area contributed by atoms with Gasteiger partial charge in [0.15, 0.2) is 0 Å². The third-order valence-corrected chi connectivity index (χ3v) is 3.42. The summed E-state index contributed by atoms with van der Waals surface area (Å²) < 4.78 is 0. The highest BCUT2D eigenvalue weighted by Gasteiger charge is 2.22. The fourth-order valence-corrected chi connectivity index (χ4v) is 1.70. The molecule has 0 saturated heterocycles. The normalized spacial score (nSPS) is 18.5. The summed E-state index contributed by atoms with van der Waals surface area (Å²) in [7, 11) is 0. The Kier molecular flexibility index (Phi) is 4.82. The summed E-state index contributed by atoms with van der Waals surface area (Å²) in [5.41, 5.74) is 5.61. The summed E-state index contributed by atoms with van der Waals surface area (Å²) in [5.74, 6) is 1.37. The molecule has 3 heteroatoms. The van der Waals surface area contributed by atoms with Crippen LogP contribution in [0, 0.1) is 11.8 Å². The molecular formula is C11H22N2S. The Hall–Kier alpha value is -0.150. The van der Waals surface area contributed by atoms with Gasteiger partial charge in [-0.2, -0.15) is 0 Å². The topological polar surface area (TPSA) is 29.3 Å². The molecular weight excluding hydrogens is 192 g/mol. The van der Waals surface area contributed by atoms with Crippen LogP contribution in [-0.2, 0) is 0 Å². The van der Waals surface area contributed by atoms with E-state index in [0.717, 1.165) is 19.0 Å². The second-order valence-electron chi connectivity index (χ2n) is 4.43. The van der Waals surface area contributed by atoms with Crippen LogP contribution in [0.3, 0.4) is 0 Å². The zero-order chi connectivity index (χ0) is 10.6. The predicted octanol–water partition coefficient (Wildman–Crippen LogP) is 2.03. The highest BCUT2D eigenvalue weighted by atomic mass is 32.1. The van der Waals surface area contributed by atoms with Gasteiger partial charge in [0.2, 0.25) is 0 Å². The first kappa shape index (κ1) is 11.9. The molecule has 14 heavy (non-hydrogen) atoms. The minimum absolute atomic E-state index is 0.351. The van der Waals surface area contributed by atoms with E-state index in [1.807, 2.05) is 0 Å². The Labute approximate surface area is 92.8 Å². The zero-order valence-corrected chi connectivity index (χ0v) is 10.1. The number of hydrogen-bond acceptors (Lipinski definition) is 2. The summed E-state index contributed by atoms with van der Waals surface area (Å²) >= 11 is 4.98. The molecule has 1 aliphatic rings. The van der Waals surface area contributed by atoms with E-state index in [1.54, 1.807) is 0 Å². The lowest BCUT2D eigenvalue weighted by Gasteiger charge is -2.23. The first-order valence-corrected chi connectivity index (χ1v) is 6.06. The molecule has 0 radical (unpaired) electrons. The molecule has 82 valence electrons. The highest BCUT2D eigenvalue weighted by Crippen LogP contribution is 2.32. The SMILES string of the molecule is CCN(CCC1CC1)CC(C)C(N)=S. The number of nitrogens with zero attached hydrogens (tertiary/aromatic N) is 1. The lowest BCUT2D eigenvalue weighted by atomic mass is 10.1. The molecule has 1 saturated carbocycles. The summed E-state index contributed by atoms with van der Waals surface area (Å²) in [4.78, 5) is 3.11. The van der Waals surface area contributed by atoms with E-state index >= 15 is 0 Å². The van der Waals surface area contributed by atoms with E-state index in [1.165, 1.54) is 25.8 Å². The van der Waals surface area contributed by atoms with Crippen LogP contribution in [0.5, 0.6) is 0 Å². The van der Waals surface area contributed by atoms with Gasteiger partial charge < -0.3 is 10.6 Å². The van der Waals surface area contributed by atoms with Crippen molar-refractivity contribution < 1.29 is 0 Å². The van der Waals surface area contributed by atoms with E-state index in [2.05, 4.69) is 18.7 Å². The fraction of sp³-hybridized carbons (Fsp3) is 0.909. The monoisotopic (exact) mass is 214 g/mol. The van der Waals surface area contributed by atoms with Gasteiger partial charge in [-0.1, -0.05) is 38.9 Å². The van der Waals surface area contributed by atoms with E-state index in [0.29, 0.717) is 10.9 Å². The standard InChI is InChI=1S/C11H22N2S/c1-3-13(7-6-10-4-5-10)8-9(2)11(12)14/h9-10H,3-8H2,1-2H3,(H2,12,14). The molecule has 0 bridgehead atoms. The van der Waals surface area contributed by atoms with Crippen molar-refractivity contribution in [3.05, 3.63) is 0 Å². The third kappa shape index (κ3) is 4.38. The minimum Gasteiger partial charge on any atom is -0.393 e. The van der Waals surface area contributed by atoms with Gasteiger partial charge in [0.25, 0.3) is 0 Å². The van der Waals surface area contributed by atoms with Gasteiger partial charge in [0.05, 0.1) is 4.99 Å². The first-order valence-electron chi connectivity index (χ1n) is 5.65. The van der Waals surface area contributed by atoms with Crippen molar-refractivity contribution in [2.24, 2.45) is 17.6 Å². The van der Waals surface area contributed by atoms with E-state index in [9.17, 15) is 0 Å². The Morgan fingerprint density at radius 1 is 1.57 bits per heavy atom. The van der Waals surface area contributed by atoms with Crippen molar-refractivity contribution in [2.45, 2.75) is 33.1 Å². The Balaban J connectivity index is 2.18. The van der Waals surface area contributed by atoms with E-state index in [4.69, 9.17) is 18.0 Å². The highest BCUT2D eigenvalue weighted by molar-refractivity contribution is 7.80. The Morgan fingerprint density at radius 2 is 2.21 bits per heavy atom. The second-order valence-corrected chi connectivity index (χ2v) is 4.90. The maximum absolute atomic E-state index is 5.61. The Morgan fingerprint density at radius 3 is 2.64 bits per heavy atom. The van der Waals surface area contributed by atoms with Crippen LogP contribution < -0.4 is 5.73 Å².